The third-order valence-electron chi connectivity index (χ3n) is 4.29. The Morgan fingerprint density at radius 3 is 2.71 bits per heavy atom. The fourth-order valence-corrected chi connectivity index (χ4v) is 3.62. The molecule has 2 unspecified atom stereocenters. The lowest BCUT2D eigenvalue weighted by Crippen LogP contribution is -2.55. The summed E-state index contributed by atoms with van der Waals surface area (Å²) in [5, 5.41) is 0. The summed E-state index contributed by atoms with van der Waals surface area (Å²) in [6, 6.07) is 10.4. The van der Waals surface area contributed by atoms with Crippen LogP contribution in [0, 0.1) is 11.3 Å². The van der Waals surface area contributed by atoms with E-state index in [1.165, 1.54) is 4.90 Å². The molecule has 1 amide bonds. The molecule has 0 saturated carbocycles. The van der Waals surface area contributed by atoms with Crippen molar-refractivity contribution in [3.05, 3.63) is 30.3 Å². The molecule has 1 fully saturated rings. The molecule has 2 rings (SSSR count). The predicted molar refractivity (Wildman–Crippen MR) is 89.3 cm³/mol. The van der Waals surface area contributed by atoms with Crippen LogP contribution in [-0.2, 0) is 4.79 Å². The SMILES string of the molecule is CC(CSc1ccccc1)C(=O)N1CCC(N)C(C)(C)C1. The van der Waals surface area contributed by atoms with Gasteiger partial charge in [0.25, 0.3) is 0 Å². The van der Waals surface area contributed by atoms with Gasteiger partial charge < -0.3 is 10.6 Å². The molecule has 21 heavy (non-hydrogen) atoms. The molecule has 0 bridgehead atoms. The van der Waals surface area contributed by atoms with Gasteiger partial charge in [-0.25, -0.2) is 0 Å². The number of hydrogen-bond acceptors (Lipinski definition) is 3. The number of rotatable bonds is 4. The molecule has 116 valence electrons. The first-order chi connectivity index (χ1) is 9.90. The number of nitrogens with zero attached hydrogens (tertiary/aromatic N) is 1. The number of carbonyl (C=O) groups excluding carboxylic acids is 1. The number of likely N-dealkylation sites (tertiary alicyclic amines) is 1. The molecule has 1 aromatic carbocycles. The van der Waals surface area contributed by atoms with Crippen LogP contribution in [0.3, 0.4) is 0 Å². The molecule has 0 radical (unpaired) electrons. The Morgan fingerprint density at radius 2 is 2.10 bits per heavy atom. The van der Waals surface area contributed by atoms with Crippen LogP contribution in [0.4, 0.5) is 0 Å². The molecule has 2 N–H and O–H groups in total. The summed E-state index contributed by atoms with van der Waals surface area (Å²) in [4.78, 5) is 15.8. The molecular weight excluding hydrogens is 280 g/mol. The Balaban J connectivity index is 1.88. The van der Waals surface area contributed by atoms with E-state index in [1.54, 1.807) is 11.8 Å². The summed E-state index contributed by atoms with van der Waals surface area (Å²) in [5.74, 6) is 1.13. The first kappa shape index (κ1) is 16.4. The van der Waals surface area contributed by atoms with Crippen LogP contribution >= 0.6 is 11.8 Å². The van der Waals surface area contributed by atoms with Crippen molar-refractivity contribution in [3.63, 3.8) is 0 Å². The molecule has 4 heteroatoms. The van der Waals surface area contributed by atoms with Gasteiger partial charge in [-0.1, -0.05) is 39.0 Å². The second-order valence-corrected chi connectivity index (χ2v) is 7.76. The standard InChI is InChI=1S/C17H26N2OS/c1-13(11-21-14-7-5-4-6-8-14)16(20)19-10-9-15(18)17(2,3)12-19/h4-8,13,15H,9-12,18H2,1-3H3. The van der Waals surface area contributed by atoms with Gasteiger partial charge in [0.2, 0.25) is 5.91 Å². The van der Waals surface area contributed by atoms with Crippen molar-refractivity contribution >= 4 is 17.7 Å². The van der Waals surface area contributed by atoms with E-state index in [-0.39, 0.29) is 23.3 Å². The van der Waals surface area contributed by atoms with Crippen LogP contribution in [0.25, 0.3) is 0 Å². The number of hydrogen-bond donors (Lipinski definition) is 1. The lowest BCUT2D eigenvalue weighted by atomic mass is 9.79. The van der Waals surface area contributed by atoms with Crippen molar-refractivity contribution in [2.24, 2.45) is 17.1 Å². The normalized spacial score (nSPS) is 22.9. The Bertz CT molecular complexity index is 475. The summed E-state index contributed by atoms with van der Waals surface area (Å²) >= 11 is 1.75. The van der Waals surface area contributed by atoms with E-state index < -0.39 is 0 Å². The molecule has 1 aromatic rings. The first-order valence-corrected chi connectivity index (χ1v) is 8.61. The van der Waals surface area contributed by atoms with Crippen molar-refractivity contribution in [2.75, 3.05) is 18.8 Å². The Hall–Kier alpha value is -1.00. The second kappa shape index (κ2) is 6.84. The van der Waals surface area contributed by atoms with Crippen molar-refractivity contribution < 1.29 is 4.79 Å². The summed E-state index contributed by atoms with van der Waals surface area (Å²) < 4.78 is 0. The highest BCUT2D eigenvalue weighted by Crippen LogP contribution is 2.29. The van der Waals surface area contributed by atoms with E-state index in [2.05, 4.69) is 26.0 Å². The zero-order valence-electron chi connectivity index (χ0n) is 13.2. The van der Waals surface area contributed by atoms with Crippen LogP contribution in [0.1, 0.15) is 27.2 Å². The van der Waals surface area contributed by atoms with E-state index >= 15 is 0 Å². The molecule has 0 spiro atoms. The van der Waals surface area contributed by atoms with Gasteiger partial charge in [-0.15, -0.1) is 11.8 Å². The minimum Gasteiger partial charge on any atom is -0.342 e. The third-order valence-corrected chi connectivity index (χ3v) is 5.56. The van der Waals surface area contributed by atoms with Crippen molar-refractivity contribution in [1.82, 2.24) is 4.90 Å². The Labute approximate surface area is 132 Å². The lowest BCUT2D eigenvalue weighted by Gasteiger charge is -2.43. The Kier molecular flexibility index (Phi) is 5.33. The molecule has 0 aliphatic carbocycles. The van der Waals surface area contributed by atoms with Crippen molar-refractivity contribution in [2.45, 2.75) is 38.1 Å². The largest absolute Gasteiger partial charge is 0.342 e. The maximum absolute atomic E-state index is 12.6. The molecular formula is C17H26N2OS. The van der Waals surface area contributed by atoms with Crippen LogP contribution in [0.2, 0.25) is 0 Å². The van der Waals surface area contributed by atoms with Crippen molar-refractivity contribution in [1.29, 1.82) is 0 Å². The number of thioether (sulfide) groups is 1. The highest BCUT2D eigenvalue weighted by Gasteiger charge is 2.36. The highest BCUT2D eigenvalue weighted by atomic mass is 32.2. The van der Waals surface area contributed by atoms with Gasteiger partial charge in [-0.05, 0) is 24.0 Å². The number of amides is 1. The van der Waals surface area contributed by atoms with Gasteiger partial charge in [0, 0.05) is 35.7 Å². The summed E-state index contributed by atoms with van der Waals surface area (Å²) in [5.41, 5.74) is 6.16. The number of benzene rings is 1. The molecule has 1 saturated heterocycles. The van der Waals surface area contributed by atoms with Gasteiger partial charge >= 0.3 is 0 Å². The van der Waals surface area contributed by atoms with Gasteiger partial charge in [0.1, 0.15) is 0 Å². The minimum atomic E-state index is 0.0141. The van der Waals surface area contributed by atoms with E-state index in [4.69, 9.17) is 5.73 Å². The number of piperidine rings is 1. The topological polar surface area (TPSA) is 46.3 Å². The predicted octanol–water partition coefficient (Wildman–Crippen LogP) is 3.00. The highest BCUT2D eigenvalue weighted by molar-refractivity contribution is 7.99. The zero-order chi connectivity index (χ0) is 15.5. The fourth-order valence-electron chi connectivity index (χ4n) is 2.68. The van der Waals surface area contributed by atoms with E-state index in [0.717, 1.165) is 25.3 Å². The Morgan fingerprint density at radius 1 is 1.43 bits per heavy atom. The van der Waals surface area contributed by atoms with E-state index in [1.807, 2.05) is 30.0 Å². The third kappa shape index (κ3) is 4.24. The molecule has 1 heterocycles. The fraction of sp³-hybridized carbons (Fsp3) is 0.588. The van der Waals surface area contributed by atoms with Crippen LogP contribution in [-0.4, -0.2) is 35.7 Å². The molecule has 2 atom stereocenters. The summed E-state index contributed by atoms with van der Waals surface area (Å²) in [7, 11) is 0. The van der Waals surface area contributed by atoms with Gasteiger partial charge in [0.05, 0.1) is 0 Å². The number of carbonyl (C=O) groups is 1. The van der Waals surface area contributed by atoms with Crippen LogP contribution < -0.4 is 5.73 Å². The number of nitrogens with two attached hydrogens (primary N) is 1. The molecule has 1 aliphatic heterocycles. The molecule has 0 aromatic heterocycles. The monoisotopic (exact) mass is 306 g/mol. The summed E-state index contributed by atoms with van der Waals surface area (Å²) in [6.45, 7) is 7.90. The van der Waals surface area contributed by atoms with E-state index in [0.29, 0.717) is 0 Å². The zero-order valence-corrected chi connectivity index (χ0v) is 14.0. The van der Waals surface area contributed by atoms with Gasteiger partial charge in [0.15, 0.2) is 0 Å². The molecule has 3 nitrogen and oxygen atoms in total. The second-order valence-electron chi connectivity index (χ2n) is 6.67. The van der Waals surface area contributed by atoms with Gasteiger partial charge in [-0.2, -0.15) is 0 Å². The first-order valence-electron chi connectivity index (χ1n) is 7.62. The smallest absolute Gasteiger partial charge is 0.226 e. The van der Waals surface area contributed by atoms with Gasteiger partial charge in [-0.3, -0.25) is 4.79 Å². The maximum atomic E-state index is 12.6. The minimum absolute atomic E-state index is 0.0141. The summed E-state index contributed by atoms with van der Waals surface area (Å²) in [6.07, 6.45) is 0.900. The van der Waals surface area contributed by atoms with Crippen molar-refractivity contribution in [3.8, 4) is 0 Å². The maximum Gasteiger partial charge on any atom is 0.226 e. The lowest BCUT2D eigenvalue weighted by molar-refractivity contribution is -0.137. The van der Waals surface area contributed by atoms with Crippen LogP contribution in [0.5, 0.6) is 0 Å². The quantitative estimate of drug-likeness (QED) is 0.870. The average molecular weight is 306 g/mol. The van der Waals surface area contributed by atoms with Crippen LogP contribution in [0.15, 0.2) is 35.2 Å². The molecule has 1 aliphatic rings. The van der Waals surface area contributed by atoms with E-state index in [9.17, 15) is 4.79 Å². The average Bonchev–Trinajstić information content (AvgIpc) is 2.48.